The largest absolute Gasteiger partial charge is 0.478 e. The summed E-state index contributed by atoms with van der Waals surface area (Å²) in [5.74, 6) is -1.34. The molecule has 0 bridgehead atoms. The van der Waals surface area contributed by atoms with E-state index in [1.165, 1.54) is 82.1 Å². The average molecular weight is 391 g/mol. The summed E-state index contributed by atoms with van der Waals surface area (Å²) in [6.07, 6.45) is 15.2. The van der Waals surface area contributed by atoms with Crippen LogP contribution >= 0.6 is 0 Å². The van der Waals surface area contributed by atoms with E-state index in [1.807, 2.05) is 0 Å². The van der Waals surface area contributed by atoms with Crippen molar-refractivity contribution in [2.24, 2.45) is 0 Å². The molecular formula is C24H38O4. The smallest absolute Gasteiger partial charge is 0.338 e. The number of carboxylic acid groups (broad SMARTS) is 1. The lowest BCUT2D eigenvalue weighted by Gasteiger charge is -2.18. The molecule has 0 aliphatic heterocycles. The predicted octanol–water partition coefficient (Wildman–Crippen LogP) is 7.02. The summed E-state index contributed by atoms with van der Waals surface area (Å²) in [6.45, 7) is 4.43. The molecule has 1 unspecified atom stereocenters. The standard InChI is InChI=1S/C24H38O4/c1-3-5-7-9-11-13-15-22(14-12-10-8-6-4-2)28-24(27)21-18-16-20(17-19-21)23(25)26/h16-19,22H,3-15H2,1-2H3,(H,25,26). The first kappa shape index (κ1) is 24.2. The van der Waals surface area contributed by atoms with Crippen molar-refractivity contribution in [1.29, 1.82) is 0 Å². The molecule has 1 N–H and O–H groups in total. The van der Waals surface area contributed by atoms with E-state index in [4.69, 9.17) is 9.84 Å². The van der Waals surface area contributed by atoms with Crippen molar-refractivity contribution in [3.05, 3.63) is 35.4 Å². The summed E-state index contributed by atoms with van der Waals surface area (Å²) < 4.78 is 5.78. The van der Waals surface area contributed by atoms with E-state index in [0.717, 1.165) is 25.7 Å². The van der Waals surface area contributed by atoms with Crippen LogP contribution in [0.25, 0.3) is 0 Å². The van der Waals surface area contributed by atoms with Crippen molar-refractivity contribution in [2.75, 3.05) is 0 Å². The van der Waals surface area contributed by atoms with Crippen molar-refractivity contribution < 1.29 is 19.4 Å². The maximum Gasteiger partial charge on any atom is 0.338 e. The van der Waals surface area contributed by atoms with Gasteiger partial charge in [-0.3, -0.25) is 0 Å². The van der Waals surface area contributed by atoms with Gasteiger partial charge in [-0.15, -0.1) is 0 Å². The van der Waals surface area contributed by atoms with E-state index in [-0.39, 0.29) is 17.6 Å². The number of ether oxygens (including phenoxy) is 1. The Labute approximate surface area is 170 Å². The normalized spacial score (nSPS) is 11.9. The van der Waals surface area contributed by atoms with Crippen LogP contribution < -0.4 is 0 Å². The number of hydrogen-bond donors (Lipinski definition) is 1. The van der Waals surface area contributed by atoms with E-state index >= 15 is 0 Å². The number of hydrogen-bond acceptors (Lipinski definition) is 3. The highest BCUT2D eigenvalue weighted by molar-refractivity contribution is 5.92. The van der Waals surface area contributed by atoms with Gasteiger partial charge in [0, 0.05) is 0 Å². The maximum absolute atomic E-state index is 12.5. The van der Waals surface area contributed by atoms with Gasteiger partial charge in [0.2, 0.25) is 0 Å². The summed E-state index contributed by atoms with van der Waals surface area (Å²) in [5, 5.41) is 8.98. The Balaban J connectivity index is 2.50. The fourth-order valence-corrected chi connectivity index (χ4v) is 3.36. The summed E-state index contributed by atoms with van der Waals surface area (Å²) in [5.41, 5.74) is 0.597. The molecule has 0 aliphatic carbocycles. The zero-order valence-electron chi connectivity index (χ0n) is 17.8. The third kappa shape index (κ3) is 10.5. The van der Waals surface area contributed by atoms with Gasteiger partial charge in [-0.1, -0.05) is 71.6 Å². The molecule has 4 nitrogen and oxygen atoms in total. The van der Waals surface area contributed by atoms with Gasteiger partial charge in [-0.2, -0.15) is 0 Å². The lowest BCUT2D eigenvalue weighted by molar-refractivity contribution is 0.0248. The molecule has 0 heterocycles. The van der Waals surface area contributed by atoms with Crippen LogP contribution in [0.4, 0.5) is 0 Å². The van der Waals surface area contributed by atoms with Crippen molar-refractivity contribution in [3.8, 4) is 0 Å². The molecule has 0 aliphatic rings. The van der Waals surface area contributed by atoms with Gasteiger partial charge in [-0.05, 0) is 49.9 Å². The van der Waals surface area contributed by atoms with Gasteiger partial charge in [0.05, 0.1) is 11.1 Å². The molecule has 4 heteroatoms. The van der Waals surface area contributed by atoms with Crippen LogP contribution in [0.1, 0.15) is 118 Å². The second-order valence-corrected chi connectivity index (χ2v) is 7.67. The lowest BCUT2D eigenvalue weighted by Crippen LogP contribution is -2.18. The van der Waals surface area contributed by atoms with Crippen molar-refractivity contribution in [3.63, 3.8) is 0 Å². The Morgan fingerprint density at radius 2 is 1.18 bits per heavy atom. The number of unbranched alkanes of at least 4 members (excludes halogenated alkanes) is 9. The number of carboxylic acids is 1. The molecule has 158 valence electrons. The van der Waals surface area contributed by atoms with Crippen LogP contribution in [-0.4, -0.2) is 23.1 Å². The van der Waals surface area contributed by atoms with Crippen LogP contribution in [0.15, 0.2) is 24.3 Å². The van der Waals surface area contributed by atoms with Gasteiger partial charge < -0.3 is 9.84 Å². The monoisotopic (exact) mass is 390 g/mol. The Hall–Kier alpha value is -1.84. The second-order valence-electron chi connectivity index (χ2n) is 7.67. The lowest BCUT2D eigenvalue weighted by atomic mass is 10.0. The zero-order valence-corrected chi connectivity index (χ0v) is 17.8. The molecule has 0 saturated heterocycles. The fraction of sp³-hybridized carbons (Fsp3) is 0.667. The highest BCUT2D eigenvalue weighted by atomic mass is 16.5. The topological polar surface area (TPSA) is 63.6 Å². The molecule has 1 aromatic carbocycles. The first-order valence-electron chi connectivity index (χ1n) is 11.1. The van der Waals surface area contributed by atoms with Gasteiger partial charge in [-0.25, -0.2) is 9.59 Å². The third-order valence-corrected chi connectivity index (χ3v) is 5.15. The molecule has 0 fully saturated rings. The summed E-state index contributed by atoms with van der Waals surface area (Å²) in [6, 6.07) is 5.97. The fourth-order valence-electron chi connectivity index (χ4n) is 3.36. The van der Waals surface area contributed by atoms with Crippen LogP contribution in [0, 0.1) is 0 Å². The van der Waals surface area contributed by atoms with Crippen molar-refractivity contribution >= 4 is 11.9 Å². The van der Waals surface area contributed by atoms with Crippen LogP contribution in [0.2, 0.25) is 0 Å². The molecule has 0 aromatic heterocycles. The Morgan fingerprint density at radius 1 is 0.750 bits per heavy atom. The summed E-state index contributed by atoms with van der Waals surface area (Å²) in [7, 11) is 0. The first-order chi connectivity index (χ1) is 13.6. The Kier molecular flexibility index (Phi) is 13.1. The van der Waals surface area contributed by atoms with E-state index in [1.54, 1.807) is 0 Å². The minimum absolute atomic E-state index is 0.0422. The first-order valence-corrected chi connectivity index (χ1v) is 11.1. The van der Waals surface area contributed by atoms with Crippen LogP contribution in [0.5, 0.6) is 0 Å². The number of benzene rings is 1. The van der Waals surface area contributed by atoms with Gasteiger partial charge in [0.1, 0.15) is 6.10 Å². The number of rotatable bonds is 16. The summed E-state index contributed by atoms with van der Waals surface area (Å²) >= 11 is 0. The second kappa shape index (κ2) is 15.1. The quantitative estimate of drug-likeness (QED) is 0.243. The minimum Gasteiger partial charge on any atom is -0.478 e. The molecule has 0 radical (unpaired) electrons. The average Bonchev–Trinajstić information content (AvgIpc) is 2.70. The van der Waals surface area contributed by atoms with E-state index in [0.29, 0.717) is 5.56 Å². The molecule has 1 aromatic rings. The highest BCUT2D eigenvalue weighted by Crippen LogP contribution is 2.18. The van der Waals surface area contributed by atoms with E-state index in [2.05, 4.69) is 13.8 Å². The van der Waals surface area contributed by atoms with E-state index < -0.39 is 5.97 Å². The Morgan fingerprint density at radius 3 is 1.64 bits per heavy atom. The third-order valence-electron chi connectivity index (χ3n) is 5.15. The van der Waals surface area contributed by atoms with E-state index in [9.17, 15) is 9.59 Å². The van der Waals surface area contributed by atoms with Gasteiger partial charge >= 0.3 is 11.9 Å². The maximum atomic E-state index is 12.5. The van der Waals surface area contributed by atoms with Crippen molar-refractivity contribution in [1.82, 2.24) is 0 Å². The highest BCUT2D eigenvalue weighted by Gasteiger charge is 2.16. The van der Waals surface area contributed by atoms with Gasteiger partial charge in [0.15, 0.2) is 0 Å². The Bertz CT molecular complexity index is 550. The van der Waals surface area contributed by atoms with Crippen molar-refractivity contribution in [2.45, 2.75) is 103 Å². The number of carbonyl (C=O) groups is 2. The minimum atomic E-state index is -0.993. The molecule has 0 amide bonds. The number of esters is 1. The zero-order chi connectivity index (χ0) is 20.6. The van der Waals surface area contributed by atoms with Crippen LogP contribution in [-0.2, 0) is 4.74 Å². The molecule has 0 spiro atoms. The predicted molar refractivity (Wildman–Crippen MR) is 114 cm³/mol. The SMILES string of the molecule is CCCCCCCCC(CCCCCCC)OC(=O)c1ccc(C(=O)O)cc1. The molecule has 1 atom stereocenters. The summed E-state index contributed by atoms with van der Waals surface area (Å²) in [4.78, 5) is 23.4. The van der Waals surface area contributed by atoms with Gasteiger partial charge in [0.25, 0.3) is 0 Å². The molecule has 1 rings (SSSR count). The number of aromatic carboxylic acids is 1. The van der Waals surface area contributed by atoms with Crippen LogP contribution in [0.3, 0.4) is 0 Å². The molecule has 0 saturated carbocycles. The number of carbonyl (C=O) groups excluding carboxylic acids is 1. The molecular weight excluding hydrogens is 352 g/mol. The molecule has 28 heavy (non-hydrogen) atoms.